The number of nitrogens with one attached hydrogen (secondary N) is 1. The van der Waals surface area contributed by atoms with E-state index in [2.05, 4.69) is 10.3 Å². The summed E-state index contributed by atoms with van der Waals surface area (Å²) in [6, 6.07) is 15.1. The standard InChI is InChI=1S/C17H15N3O5S/c18-26(23,24)13-8-6-12(7-9-13)16-15(11-4-2-1-3-5-11)20-14(25-16)10-19-17(21)22/h1-9,19H,10H2,(H,21,22)(H2,18,23,24). The molecule has 26 heavy (non-hydrogen) atoms. The van der Waals surface area contributed by atoms with E-state index >= 15 is 0 Å². The van der Waals surface area contributed by atoms with Gasteiger partial charge in [0.15, 0.2) is 5.76 Å². The number of carbonyl (C=O) groups is 1. The smallest absolute Gasteiger partial charge is 0.405 e. The molecule has 8 nitrogen and oxygen atoms in total. The first-order valence-corrected chi connectivity index (χ1v) is 9.04. The van der Waals surface area contributed by atoms with Crippen LogP contribution in [-0.4, -0.2) is 24.6 Å². The van der Waals surface area contributed by atoms with Crippen molar-refractivity contribution >= 4 is 16.1 Å². The molecule has 0 radical (unpaired) electrons. The van der Waals surface area contributed by atoms with Gasteiger partial charge in [0.05, 0.1) is 11.4 Å². The first-order chi connectivity index (χ1) is 12.3. The van der Waals surface area contributed by atoms with Crippen LogP contribution in [0.1, 0.15) is 5.89 Å². The molecule has 1 heterocycles. The Morgan fingerprint density at radius 3 is 2.31 bits per heavy atom. The maximum Gasteiger partial charge on any atom is 0.405 e. The van der Waals surface area contributed by atoms with E-state index < -0.39 is 16.1 Å². The van der Waals surface area contributed by atoms with E-state index in [0.717, 1.165) is 5.56 Å². The lowest BCUT2D eigenvalue weighted by atomic mass is 10.1. The predicted octanol–water partition coefficient (Wildman–Crippen LogP) is 2.42. The van der Waals surface area contributed by atoms with Gasteiger partial charge in [-0.1, -0.05) is 30.3 Å². The number of primary sulfonamides is 1. The molecule has 4 N–H and O–H groups in total. The normalized spacial score (nSPS) is 11.3. The Hall–Kier alpha value is -3.17. The molecule has 0 unspecified atom stereocenters. The molecule has 0 aliphatic heterocycles. The van der Waals surface area contributed by atoms with Crippen molar-refractivity contribution in [3.05, 3.63) is 60.5 Å². The van der Waals surface area contributed by atoms with Crippen LogP contribution in [0.2, 0.25) is 0 Å². The van der Waals surface area contributed by atoms with Crippen molar-refractivity contribution in [1.82, 2.24) is 10.3 Å². The highest BCUT2D eigenvalue weighted by atomic mass is 32.2. The van der Waals surface area contributed by atoms with Gasteiger partial charge in [-0.3, -0.25) is 0 Å². The van der Waals surface area contributed by atoms with Crippen LogP contribution >= 0.6 is 0 Å². The second-order valence-corrected chi connectivity index (χ2v) is 6.94. The van der Waals surface area contributed by atoms with Gasteiger partial charge in [-0.25, -0.2) is 23.3 Å². The Balaban J connectivity index is 2.05. The van der Waals surface area contributed by atoms with Gasteiger partial charge in [-0.2, -0.15) is 0 Å². The van der Waals surface area contributed by atoms with E-state index in [9.17, 15) is 13.2 Å². The van der Waals surface area contributed by atoms with Gasteiger partial charge in [-0.05, 0) is 24.3 Å². The molecule has 0 fully saturated rings. The van der Waals surface area contributed by atoms with E-state index in [1.54, 1.807) is 12.1 Å². The number of carboxylic acid groups (broad SMARTS) is 1. The predicted molar refractivity (Wildman–Crippen MR) is 93.6 cm³/mol. The van der Waals surface area contributed by atoms with Crippen LogP contribution in [0, 0.1) is 0 Å². The molecule has 0 saturated heterocycles. The molecular weight excluding hydrogens is 358 g/mol. The van der Waals surface area contributed by atoms with Gasteiger partial charge in [-0.15, -0.1) is 0 Å². The molecular formula is C17H15N3O5S. The van der Waals surface area contributed by atoms with Gasteiger partial charge in [0.25, 0.3) is 0 Å². The molecule has 1 aromatic heterocycles. The number of nitrogens with zero attached hydrogens (tertiary/aromatic N) is 1. The van der Waals surface area contributed by atoms with Gasteiger partial charge < -0.3 is 14.8 Å². The molecule has 134 valence electrons. The highest BCUT2D eigenvalue weighted by Gasteiger charge is 2.18. The minimum Gasteiger partial charge on any atom is -0.465 e. The lowest BCUT2D eigenvalue weighted by molar-refractivity contribution is 0.192. The first kappa shape index (κ1) is 17.6. The van der Waals surface area contributed by atoms with Gasteiger partial charge in [0.2, 0.25) is 15.9 Å². The minimum absolute atomic E-state index is 0.0187. The first-order valence-electron chi connectivity index (χ1n) is 7.50. The summed E-state index contributed by atoms with van der Waals surface area (Å²) in [5.74, 6) is 0.594. The largest absolute Gasteiger partial charge is 0.465 e. The molecule has 3 aromatic rings. The van der Waals surface area contributed by atoms with Crippen molar-refractivity contribution in [3.63, 3.8) is 0 Å². The van der Waals surface area contributed by atoms with E-state index in [4.69, 9.17) is 14.7 Å². The molecule has 0 atom stereocenters. The topological polar surface area (TPSA) is 136 Å². The van der Waals surface area contributed by atoms with Crippen LogP contribution in [0.3, 0.4) is 0 Å². The fourth-order valence-electron chi connectivity index (χ4n) is 2.37. The summed E-state index contributed by atoms with van der Waals surface area (Å²) in [7, 11) is -3.80. The summed E-state index contributed by atoms with van der Waals surface area (Å²) in [5.41, 5.74) is 1.89. The highest BCUT2D eigenvalue weighted by molar-refractivity contribution is 7.89. The molecule has 3 rings (SSSR count). The highest BCUT2D eigenvalue weighted by Crippen LogP contribution is 2.33. The Bertz CT molecular complexity index is 1030. The Morgan fingerprint density at radius 1 is 1.08 bits per heavy atom. The Morgan fingerprint density at radius 2 is 1.73 bits per heavy atom. The van der Waals surface area contributed by atoms with Gasteiger partial charge in [0, 0.05) is 11.1 Å². The van der Waals surface area contributed by atoms with Crippen LogP contribution in [0.5, 0.6) is 0 Å². The van der Waals surface area contributed by atoms with E-state index in [-0.39, 0.29) is 17.3 Å². The number of amides is 1. The molecule has 2 aromatic carbocycles. The van der Waals surface area contributed by atoms with Crippen molar-refractivity contribution in [1.29, 1.82) is 0 Å². The average Bonchev–Trinajstić information content (AvgIpc) is 3.04. The van der Waals surface area contributed by atoms with Gasteiger partial charge in [0.1, 0.15) is 5.69 Å². The summed E-state index contributed by atoms with van der Waals surface area (Å²) >= 11 is 0. The summed E-state index contributed by atoms with van der Waals surface area (Å²) in [4.78, 5) is 15.0. The number of benzene rings is 2. The lowest BCUT2D eigenvalue weighted by Gasteiger charge is -2.03. The number of rotatable bonds is 5. The molecule has 0 aliphatic rings. The van der Waals surface area contributed by atoms with Crippen LogP contribution in [-0.2, 0) is 16.6 Å². The van der Waals surface area contributed by atoms with Crippen molar-refractivity contribution < 1.29 is 22.7 Å². The van der Waals surface area contributed by atoms with Crippen molar-refractivity contribution in [3.8, 4) is 22.6 Å². The van der Waals surface area contributed by atoms with Crippen LogP contribution in [0.4, 0.5) is 4.79 Å². The van der Waals surface area contributed by atoms with Crippen LogP contribution < -0.4 is 10.5 Å². The lowest BCUT2D eigenvalue weighted by Crippen LogP contribution is -2.20. The summed E-state index contributed by atoms with van der Waals surface area (Å²) < 4.78 is 28.5. The number of nitrogens with two attached hydrogens (primary N) is 1. The molecule has 1 amide bonds. The molecule has 0 aliphatic carbocycles. The number of hydrogen-bond acceptors (Lipinski definition) is 5. The molecule has 0 bridgehead atoms. The molecule has 0 saturated carbocycles. The zero-order chi connectivity index (χ0) is 18.7. The number of oxazole rings is 1. The third-order valence-electron chi connectivity index (χ3n) is 3.55. The maximum absolute atomic E-state index is 11.4. The summed E-state index contributed by atoms with van der Waals surface area (Å²) in [6.07, 6.45) is -1.19. The zero-order valence-electron chi connectivity index (χ0n) is 13.4. The third kappa shape index (κ3) is 3.90. The average molecular weight is 373 g/mol. The quantitative estimate of drug-likeness (QED) is 0.628. The van der Waals surface area contributed by atoms with E-state index in [1.807, 2.05) is 30.3 Å². The van der Waals surface area contributed by atoms with Crippen molar-refractivity contribution in [2.24, 2.45) is 5.14 Å². The Kier molecular flexibility index (Phi) is 4.74. The number of hydrogen-bond donors (Lipinski definition) is 3. The van der Waals surface area contributed by atoms with E-state index in [1.165, 1.54) is 12.1 Å². The van der Waals surface area contributed by atoms with Gasteiger partial charge >= 0.3 is 6.09 Å². The zero-order valence-corrected chi connectivity index (χ0v) is 14.2. The number of aromatic nitrogens is 1. The molecule has 0 spiro atoms. The second kappa shape index (κ2) is 6.98. The fourth-order valence-corrected chi connectivity index (χ4v) is 2.89. The molecule has 9 heteroatoms. The van der Waals surface area contributed by atoms with E-state index in [0.29, 0.717) is 17.0 Å². The van der Waals surface area contributed by atoms with Crippen molar-refractivity contribution in [2.75, 3.05) is 0 Å². The minimum atomic E-state index is -3.80. The summed E-state index contributed by atoms with van der Waals surface area (Å²) in [5, 5.41) is 16.1. The third-order valence-corrected chi connectivity index (χ3v) is 4.48. The summed E-state index contributed by atoms with van der Waals surface area (Å²) in [6.45, 7) is -0.0928. The second-order valence-electron chi connectivity index (χ2n) is 5.38. The van der Waals surface area contributed by atoms with Crippen molar-refractivity contribution in [2.45, 2.75) is 11.4 Å². The van der Waals surface area contributed by atoms with Crippen LogP contribution in [0.25, 0.3) is 22.6 Å². The fraction of sp³-hybridized carbons (Fsp3) is 0.0588. The SMILES string of the molecule is NS(=O)(=O)c1ccc(-c2oc(CNC(=O)O)nc2-c2ccccc2)cc1. The number of sulfonamides is 1. The Labute approximate surface area is 149 Å². The van der Waals surface area contributed by atoms with Crippen LogP contribution in [0.15, 0.2) is 63.9 Å². The maximum atomic E-state index is 11.4. The monoisotopic (exact) mass is 373 g/mol.